The number of aromatic nitrogens is 3. The second-order valence-corrected chi connectivity index (χ2v) is 6.97. The second-order valence-electron chi connectivity index (χ2n) is 5.05. The van der Waals surface area contributed by atoms with Gasteiger partial charge in [-0.2, -0.15) is 0 Å². The molecule has 1 N–H and O–H groups in total. The van der Waals surface area contributed by atoms with Gasteiger partial charge in [0.2, 0.25) is 5.13 Å². The van der Waals surface area contributed by atoms with Crippen LogP contribution in [0.25, 0.3) is 10.7 Å². The first-order valence-corrected chi connectivity index (χ1v) is 7.91. The van der Waals surface area contributed by atoms with Crippen molar-refractivity contribution in [1.29, 1.82) is 0 Å². The van der Waals surface area contributed by atoms with Gasteiger partial charge in [-0.25, -0.2) is 4.98 Å². The maximum atomic E-state index is 4.59. The summed E-state index contributed by atoms with van der Waals surface area (Å²) in [6.45, 7) is 6.12. The van der Waals surface area contributed by atoms with E-state index in [9.17, 15) is 0 Å². The van der Waals surface area contributed by atoms with Gasteiger partial charge in [0.15, 0.2) is 5.01 Å². The van der Waals surface area contributed by atoms with Crippen LogP contribution >= 0.6 is 22.7 Å². The van der Waals surface area contributed by atoms with Gasteiger partial charge >= 0.3 is 0 Å². The van der Waals surface area contributed by atoms with Crippen molar-refractivity contribution in [2.45, 2.75) is 20.4 Å². The summed E-state index contributed by atoms with van der Waals surface area (Å²) in [4.78, 5) is 6.70. The maximum Gasteiger partial charge on any atom is 0.206 e. The molecule has 0 aromatic carbocycles. The van der Waals surface area contributed by atoms with Crippen molar-refractivity contribution in [3.63, 3.8) is 0 Å². The third-order valence-electron chi connectivity index (χ3n) is 2.31. The molecule has 2 aromatic heterocycles. The summed E-state index contributed by atoms with van der Waals surface area (Å²) in [5, 5.41) is 16.5. The van der Waals surface area contributed by atoms with E-state index >= 15 is 0 Å². The molecule has 2 heterocycles. The Labute approximate surface area is 121 Å². The summed E-state index contributed by atoms with van der Waals surface area (Å²) in [5.41, 5.74) is 0.928. The van der Waals surface area contributed by atoms with Crippen molar-refractivity contribution in [3.8, 4) is 10.7 Å². The Bertz CT molecular complexity index is 518. The van der Waals surface area contributed by atoms with Gasteiger partial charge in [-0.3, -0.25) is 0 Å². The molecule has 0 saturated heterocycles. The highest BCUT2D eigenvalue weighted by Crippen LogP contribution is 2.27. The molecule has 0 aliphatic carbocycles. The fourth-order valence-corrected chi connectivity index (χ4v) is 3.12. The van der Waals surface area contributed by atoms with Crippen molar-refractivity contribution in [3.05, 3.63) is 10.4 Å². The Morgan fingerprint density at radius 2 is 2.11 bits per heavy atom. The van der Waals surface area contributed by atoms with Gasteiger partial charge in [0.05, 0.1) is 0 Å². The van der Waals surface area contributed by atoms with E-state index in [0.717, 1.165) is 33.9 Å². The summed E-state index contributed by atoms with van der Waals surface area (Å²) in [7, 11) is 4.08. The minimum absolute atomic E-state index is 0.596. The summed E-state index contributed by atoms with van der Waals surface area (Å²) in [6.07, 6.45) is 0. The first kappa shape index (κ1) is 14.4. The summed E-state index contributed by atoms with van der Waals surface area (Å²) in [6, 6.07) is 0. The molecule has 19 heavy (non-hydrogen) atoms. The van der Waals surface area contributed by atoms with Crippen molar-refractivity contribution in [2.24, 2.45) is 5.92 Å². The van der Waals surface area contributed by atoms with E-state index in [2.05, 4.69) is 39.2 Å². The Morgan fingerprint density at radius 1 is 1.32 bits per heavy atom. The van der Waals surface area contributed by atoms with E-state index in [4.69, 9.17) is 0 Å². The largest absolute Gasteiger partial charge is 0.360 e. The Balaban J connectivity index is 2.03. The molecule has 0 amide bonds. The number of rotatable bonds is 6. The smallest absolute Gasteiger partial charge is 0.206 e. The van der Waals surface area contributed by atoms with Gasteiger partial charge in [-0.15, -0.1) is 21.5 Å². The number of hydrogen-bond donors (Lipinski definition) is 1. The molecule has 0 unspecified atom stereocenters. The van der Waals surface area contributed by atoms with Crippen LogP contribution < -0.4 is 5.32 Å². The van der Waals surface area contributed by atoms with Crippen LogP contribution in [0.4, 0.5) is 5.13 Å². The highest BCUT2D eigenvalue weighted by Gasteiger charge is 2.11. The van der Waals surface area contributed by atoms with Gasteiger partial charge in [0.25, 0.3) is 0 Å². The number of anilines is 1. The fourth-order valence-electron chi connectivity index (χ4n) is 1.44. The molecular weight excluding hydrogens is 278 g/mol. The number of nitrogens with one attached hydrogen (secondary N) is 1. The van der Waals surface area contributed by atoms with Crippen LogP contribution in [-0.4, -0.2) is 40.7 Å². The molecule has 0 fully saturated rings. The maximum absolute atomic E-state index is 4.59. The van der Waals surface area contributed by atoms with Crippen molar-refractivity contribution >= 4 is 27.8 Å². The zero-order valence-corrected chi connectivity index (χ0v) is 13.3. The van der Waals surface area contributed by atoms with E-state index in [0.29, 0.717) is 5.92 Å². The number of nitrogens with zero attached hydrogens (tertiary/aromatic N) is 4. The lowest BCUT2D eigenvalue weighted by Gasteiger charge is -2.04. The van der Waals surface area contributed by atoms with Gasteiger partial charge in [0.1, 0.15) is 10.7 Å². The van der Waals surface area contributed by atoms with Crippen LogP contribution in [0.5, 0.6) is 0 Å². The van der Waals surface area contributed by atoms with Gasteiger partial charge in [-0.1, -0.05) is 25.2 Å². The average molecular weight is 297 g/mol. The molecule has 0 aliphatic heterocycles. The Kier molecular flexibility index (Phi) is 4.84. The van der Waals surface area contributed by atoms with E-state index in [1.54, 1.807) is 22.7 Å². The molecule has 2 rings (SSSR count). The lowest BCUT2D eigenvalue weighted by molar-refractivity contribution is 0.402. The Hall–Kier alpha value is -1.05. The quantitative estimate of drug-likeness (QED) is 0.888. The predicted octanol–water partition coefficient (Wildman–Crippen LogP) is 2.79. The average Bonchev–Trinajstić information content (AvgIpc) is 2.93. The van der Waals surface area contributed by atoms with Gasteiger partial charge < -0.3 is 10.2 Å². The monoisotopic (exact) mass is 297 g/mol. The van der Waals surface area contributed by atoms with Crippen LogP contribution in [0.3, 0.4) is 0 Å². The topological polar surface area (TPSA) is 53.9 Å². The lowest BCUT2D eigenvalue weighted by atomic mass is 10.2. The van der Waals surface area contributed by atoms with E-state index in [-0.39, 0.29) is 0 Å². The molecule has 0 spiro atoms. The molecule has 0 radical (unpaired) electrons. The first-order valence-electron chi connectivity index (χ1n) is 6.21. The molecule has 0 bridgehead atoms. The third kappa shape index (κ3) is 4.22. The van der Waals surface area contributed by atoms with E-state index in [1.807, 2.05) is 19.5 Å². The zero-order valence-electron chi connectivity index (χ0n) is 11.7. The minimum Gasteiger partial charge on any atom is -0.360 e. The van der Waals surface area contributed by atoms with Crippen LogP contribution in [-0.2, 0) is 6.54 Å². The van der Waals surface area contributed by atoms with Crippen molar-refractivity contribution in [1.82, 2.24) is 20.1 Å². The normalized spacial score (nSPS) is 11.5. The van der Waals surface area contributed by atoms with Gasteiger partial charge in [-0.05, 0) is 20.0 Å². The van der Waals surface area contributed by atoms with E-state index < -0.39 is 0 Å². The number of thiazole rings is 1. The van der Waals surface area contributed by atoms with Crippen LogP contribution in [0.15, 0.2) is 5.38 Å². The van der Waals surface area contributed by atoms with Crippen LogP contribution in [0, 0.1) is 5.92 Å². The fraction of sp³-hybridized carbons (Fsp3) is 0.583. The van der Waals surface area contributed by atoms with Crippen LogP contribution in [0.1, 0.15) is 18.9 Å². The SMILES string of the molecule is CC(C)CNc1nnc(-c2csc(CN(C)C)n2)s1. The van der Waals surface area contributed by atoms with E-state index in [1.165, 1.54) is 0 Å². The van der Waals surface area contributed by atoms with Gasteiger partial charge in [0, 0.05) is 18.5 Å². The summed E-state index contributed by atoms with van der Waals surface area (Å²) in [5.74, 6) is 0.596. The zero-order chi connectivity index (χ0) is 13.8. The first-order chi connectivity index (χ1) is 9.04. The number of hydrogen-bond acceptors (Lipinski definition) is 7. The lowest BCUT2D eigenvalue weighted by Crippen LogP contribution is -2.10. The highest BCUT2D eigenvalue weighted by molar-refractivity contribution is 7.18. The van der Waals surface area contributed by atoms with Crippen molar-refractivity contribution < 1.29 is 0 Å². The molecule has 0 saturated carbocycles. The predicted molar refractivity (Wildman–Crippen MR) is 81.7 cm³/mol. The van der Waals surface area contributed by atoms with Crippen LogP contribution in [0.2, 0.25) is 0 Å². The third-order valence-corrected chi connectivity index (χ3v) is 4.05. The molecule has 104 valence electrons. The Morgan fingerprint density at radius 3 is 2.79 bits per heavy atom. The van der Waals surface area contributed by atoms with Crippen molar-refractivity contribution in [2.75, 3.05) is 26.0 Å². The second kappa shape index (κ2) is 6.40. The summed E-state index contributed by atoms with van der Waals surface area (Å²) < 4.78 is 0. The molecule has 0 aliphatic rings. The molecular formula is C12H19N5S2. The standard InChI is InChI=1S/C12H19N5S2/c1-8(2)5-13-12-16-15-11(19-12)9-7-18-10(14-9)6-17(3)4/h7-8H,5-6H2,1-4H3,(H,13,16). The summed E-state index contributed by atoms with van der Waals surface area (Å²) >= 11 is 3.22. The minimum atomic E-state index is 0.596. The molecule has 2 aromatic rings. The molecule has 7 heteroatoms. The molecule has 5 nitrogen and oxygen atoms in total. The molecule has 0 atom stereocenters. The highest BCUT2D eigenvalue weighted by atomic mass is 32.1.